The van der Waals surface area contributed by atoms with Crippen LogP contribution in [0.2, 0.25) is 0 Å². The van der Waals surface area contributed by atoms with Crippen LogP contribution < -0.4 is 5.73 Å². The number of hydrogen-bond donors (Lipinski definition) is 1. The maximum absolute atomic E-state index is 12.8. The van der Waals surface area contributed by atoms with Crippen molar-refractivity contribution in [3.8, 4) is 6.07 Å². The van der Waals surface area contributed by atoms with Gasteiger partial charge < -0.3 is 5.73 Å². The van der Waals surface area contributed by atoms with Crippen LogP contribution in [-0.4, -0.2) is 4.98 Å². The molecule has 0 atom stereocenters. The smallest absolute Gasteiger partial charge is 0.142 e. The molecule has 14 heavy (non-hydrogen) atoms. The quantitative estimate of drug-likeness (QED) is 0.684. The summed E-state index contributed by atoms with van der Waals surface area (Å²) in [6, 6.07) is 7.69. The molecule has 0 bridgehead atoms. The number of nitriles is 1. The lowest BCUT2D eigenvalue weighted by Gasteiger charge is -2.00. The van der Waals surface area contributed by atoms with E-state index in [0.29, 0.717) is 16.5 Å². The van der Waals surface area contributed by atoms with E-state index in [1.807, 2.05) is 6.07 Å². The molecule has 0 unspecified atom stereocenters. The number of benzene rings is 1. The molecular weight excluding hydrogens is 181 g/mol. The van der Waals surface area contributed by atoms with Gasteiger partial charge in [-0.2, -0.15) is 5.26 Å². The van der Waals surface area contributed by atoms with Crippen molar-refractivity contribution < 1.29 is 4.39 Å². The topological polar surface area (TPSA) is 62.7 Å². The van der Waals surface area contributed by atoms with Crippen LogP contribution in [0.25, 0.3) is 10.9 Å². The molecule has 3 nitrogen and oxygen atoms in total. The van der Waals surface area contributed by atoms with Crippen molar-refractivity contribution in [1.82, 2.24) is 4.98 Å². The second-order valence-corrected chi connectivity index (χ2v) is 2.87. The second kappa shape index (κ2) is 2.96. The third-order valence-corrected chi connectivity index (χ3v) is 1.93. The highest BCUT2D eigenvalue weighted by atomic mass is 19.1. The van der Waals surface area contributed by atoms with E-state index in [1.165, 1.54) is 12.1 Å². The highest BCUT2D eigenvalue weighted by Crippen LogP contribution is 2.18. The first-order valence-corrected chi connectivity index (χ1v) is 3.96. The molecule has 0 amide bonds. The minimum Gasteiger partial charge on any atom is -0.383 e. The van der Waals surface area contributed by atoms with Gasteiger partial charge in [0, 0.05) is 11.5 Å². The minimum atomic E-state index is -0.367. The van der Waals surface area contributed by atoms with Gasteiger partial charge in [0.2, 0.25) is 0 Å². The SMILES string of the molecule is N#Cc1cc2ccc(F)cc2nc1N. The molecular formula is C10H6FN3. The van der Waals surface area contributed by atoms with E-state index >= 15 is 0 Å². The molecule has 0 saturated heterocycles. The highest BCUT2D eigenvalue weighted by Gasteiger charge is 2.03. The number of aromatic nitrogens is 1. The first-order chi connectivity index (χ1) is 6.70. The molecule has 0 aliphatic rings. The number of nitrogens with zero attached hydrogens (tertiary/aromatic N) is 2. The largest absolute Gasteiger partial charge is 0.383 e. The fraction of sp³-hybridized carbons (Fsp3) is 0. The van der Waals surface area contributed by atoms with Crippen LogP contribution in [0.4, 0.5) is 10.2 Å². The van der Waals surface area contributed by atoms with Crippen molar-refractivity contribution in [3.05, 3.63) is 35.6 Å². The summed E-state index contributed by atoms with van der Waals surface area (Å²) < 4.78 is 12.8. The summed E-state index contributed by atoms with van der Waals surface area (Å²) in [4.78, 5) is 3.92. The average Bonchev–Trinajstić information content (AvgIpc) is 2.16. The Morgan fingerprint density at radius 3 is 2.86 bits per heavy atom. The molecule has 0 radical (unpaired) electrons. The number of nitrogen functional groups attached to an aromatic ring is 1. The maximum Gasteiger partial charge on any atom is 0.142 e. The fourth-order valence-corrected chi connectivity index (χ4v) is 1.24. The molecule has 4 heteroatoms. The van der Waals surface area contributed by atoms with Crippen molar-refractivity contribution in [1.29, 1.82) is 5.26 Å². The number of fused-ring (bicyclic) bond motifs is 1. The van der Waals surface area contributed by atoms with E-state index in [9.17, 15) is 4.39 Å². The molecule has 1 aromatic heterocycles. The van der Waals surface area contributed by atoms with Crippen molar-refractivity contribution in [2.75, 3.05) is 5.73 Å². The average molecular weight is 187 g/mol. The van der Waals surface area contributed by atoms with Crippen molar-refractivity contribution in [2.24, 2.45) is 0 Å². The van der Waals surface area contributed by atoms with Crippen LogP contribution in [0.15, 0.2) is 24.3 Å². The Balaban J connectivity index is 2.81. The van der Waals surface area contributed by atoms with E-state index in [4.69, 9.17) is 11.0 Å². The molecule has 1 heterocycles. The van der Waals surface area contributed by atoms with Gasteiger partial charge in [-0.15, -0.1) is 0 Å². The van der Waals surface area contributed by atoms with Crippen LogP contribution in [0, 0.1) is 17.1 Å². The fourth-order valence-electron chi connectivity index (χ4n) is 1.24. The number of hydrogen-bond acceptors (Lipinski definition) is 3. The van der Waals surface area contributed by atoms with E-state index in [1.54, 1.807) is 12.1 Å². The first kappa shape index (κ1) is 8.45. The Kier molecular flexibility index (Phi) is 1.79. The molecule has 0 aliphatic carbocycles. The van der Waals surface area contributed by atoms with Gasteiger partial charge in [0.1, 0.15) is 17.7 Å². The Bertz CT molecular complexity index is 543. The summed E-state index contributed by atoms with van der Waals surface area (Å²) in [7, 11) is 0. The number of pyridine rings is 1. The number of anilines is 1. The van der Waals surface area contributed by atoms with Gasteiger partial charge in [-0.05, 0) is 18.2 Å². The molecule has 0 saturated carbocycles. The number of halogens is 1. The third-order valence-electron chi connectivity index (χ3n) is 1.93. The van der Waals surface area contributed by atoms with E-state index in [-0.39, 0.29) is 11.6 Å². The Hall–Kier alpha value is -2.15. The Labute approximate surface area is 79.6 Å². The monoisotopic (exact) mass is 187 g/mol. The zero-order valence-corrected chi connectivity index (χ0v) is 7.16. The normalized spacial score (nSPS) is 10.0. The van der Waals surface area contributed by atoms with Gasteiger partial charge in [-0.25, -0.2) is 9.37 Å². The Morgan fingerprint density at radius 2 is 2.14 bits per heavy atom. The Morgan fingerprint density at radius 1 is 1.36 bits per heavy atom. The van der Waals surface area contributed by atoms with Crippen LogP contribution in [0.5, 0.6) is 0 Å². The predicted molar refractivity (Wildman–Crippen MR) is 50.8 cm³/mol. The van der Waals surface area contributed by atoms with Crippen LogP contribution in [0.3, 0.4) is 0 Å². The molecule has 2 aromatic rings. The minimum absolute atomic E-state index is 0.130. The molecule has 2 N–H and O–H groups in total. The summed E-state index contributed by atoms with van der Waals surface area (Å²) >= 11 is 0. The predicted octanol–water partition coefficient (Wildman–Crippen LogP) is 1.83. The van der Waals surface area contributed by atoms with E-state index in [2.05, 4.69) is 4.98 Å². The molecule has 0 spiro atoms. The summed E-state index contributed by atoms with van der Waals surface area (Å²) in [5.41, 5.74) is 6.26. The zero-order valence-electron chi connectivity index (χ0n) is 7.16. The van der Waals surface area contributed by atoms with Gasteiger partial charge in [0.05, 0.1) is 11.1 Å². The zero-order chi connectivity index (χ0) is 10.1. The van der Waals surface area contributed by atoms with Crippen LogP contribution in [-0.2, 0) is 0 Å². The second-order valence-electron chi connectivity index (χ2n) is 2.87. The van der Waals surface area contributed by atoms with Gasteiger partial charge in [0.15, 0.2) is 0 Å². The van der Waals surface area contributed by atoms with Gasteiger partial charge in [-0.3, -0.25) is 0 Å². The molecule has 2 rings (SSSR count). The maximum atomic E-state index is 12.8. The standard InChI is InChI=1S/C10H6FN3/c11-8-2-1-6-3-7(5-12)10(13)14-9(6)4-8/h1-4H,(H2,13,14). The van der Waals surface area contributed by atoms with E-state index in [0.717, 1.165) is 0 Å². The van der Waals surface area contributed by atoms with Crippen molar-refractivity contribution in [2.45, 2.75) is 0 Å². The van der Waals surface area contributed by atoms with Gasteiger partial charge in [-0.1, -0.05) is 0 Å². The number of rotatable bonds is 0. The molecule has 0 aliphatic heterocycles. The summed E-state index contributed by atoms with van der Waals surface area (Å²) in [6.07, 6.45) is 0. The van der Waals surface area contributed by atoms with Crippen molar-refractivity contribution >= 4 is 16.7 Å². The third kappa shape index (κ3) is 1.25. The summed E-state index contributed by atoms with van der Waals surface area (Å²) in [5, 5.41) is 9.39. The van der Waals surface area contributed by atoms with Crippen LogP contribution >= 0.6 is 0 Å². The van der Waals surface area contributed by atoms with Crippen molar-refractivity contribution in [3.63, 3.8) is 0 Å². The van der Waals surface area contributed by atoms with Gasteiger partial charge >= 0.3 is 0 Å². The highest BCUT2D eigenvalue weighted by molar-refractivity contribution is 5.82. The summed E-state index contributed by atoms with van der Waals surface area (Å²) in [6.45, 7) is 0. The van der Waals surface area contributed by atoms with Crippen LogP contribution in [0.1, 0.15) is 5.56 Å². The lowest BCUT2D eigenvalue weighted by Crippen LogP contribution is -1.95. The lowest BCUT2D eigenvalue weighted by molar-refractivity contribution is 0.629. The van der Waals surface area contributed by atoms with E-state index < -0.39 is 0 Å². The molecule has 68 valence electrons. The number of nitrogens with two attached hydrogens (primary N) is 1. The molecule has 0 fully saturated rings. The summed E-state index contributed by atoms with van der Waals surface area (Å²) in [5.74, 6) is -0.236. The molecule has 1 aromatic carbocycles. The first-order valence-electron chi connectivity index (χ1n) is 3.96. The van der Waals surface area contributed by atoms with Gasteiger partial charge in [0.25, 0.3) is 0 Å². The lowest BCUT2D eigenvalue weighted by atomic mass is 10.1.